The first kappa shape index (κ1) is 17.3. The maximum Gasteiger partial charge on any atom is 0.317 e. The zero-order valence-electron chi connectivity index (χ0n) is 15.6. The minimum Gasteiger partial charge on any atom is -0.333 e. The molecule has 2 fully saturated rings. The molecular formula is C19H32N4O. The van der Waals surface area contributed by atoms with E-state index in [1.54, 1.807) is 0 Å². The normalized spacial score (nSPS) is 21.8. The number of carbonyl (C=O) groups is 1. The van der Waals surface area contributed by atoms with Crippen molar-refractivity contribution in [2.75, 3.05) is 13.1 Å². The fourth-order valence-electron chi connectivity index (χ4n) is 3.56. The maximum atomic E-state index is 12.4. The summed E-state index contributed by atoms with van der Waals surface area (Å²) in [5.74, 6) is 2.59. The molecule has 0 unspecified atom stereocenters. The van der Waals surface area contributed by atoms with Gasteiger partial charge in [0.2, 0.25) is 0 Å². The molecule has 5 heteroatoms. The number of hydrogen-bond acceptors (Lipinski definition) is 2. The predicted octanol–water partition coefficient (Wildman–Crippen LogP) is 3.36. The molecule has 24 heavy (non-hydrogen) atoms. The molecule has 1 saturated carbocycles. The standard InChI is InChI=1S/C19H32N4O/c1-14-11-20-17(23(14)13-15-7-8-15)10-16-6-5-9-22(12-16)18(24)21-19(2,3)4/h11,15-16H,5-10,12-13H2,1-4H3,(H,21,24)/t16-/m1/s1. The molecule has 1 N–H and O–H groups in total. The van der Waals surface area contributed by atoms with E-state index in [0.717, 1.165) is 38.4 Å². The van der Waals surface area contributed by atoms with Gasteiger partial charge in [-0.2, -0.15) is 0 Å². The van der Waals surface area contributed by atoms with Crippen LogP contribution in [0.3, 0.4) is 0 Å². The van der Waals surface area contributed by atoms with Crippen molar-refractivity contribution in [1.82, 2.24) is 19.8 Å². The van der Waals surface area contributed by atoms with Gasteiger partial charge in [-0.25, -0.2) is 9.78 Å². The van der Waals surface area contributed by atoms with Crippen molar-refractivity contribution in [1.29, 1.82) is 0 Å². The SMILES string of the molecule is Cc1cnc(C[C@H]2CCCN(C(=O)NC(C)(C)C)C2)n1CC1CC1. The molecule has 0 aromatic carbocycles. The van der Waals surface area contributed by atoms with Gasteiger partial charge in [0.05, 0.1) is 0 Å². The first-order chi connectivity index (χ1) is 11.3. The Bertz CT molecular complexity index is 583. The molecule has 134 valence electrons. The van der Waals surface area contributed by atoms with E-state index in [4.69, 9.17) is 0 Å². The first-order valence-corrected chi connectivity index (χ1v) is 9.40. The van der Waals surface area contributed by atoms with Crippen LogP contribution in [-0.4, -0.2) is 39.1 Å². The van der Waals surface area contributed by atoms with Gasteiger partial charge in [-0.15, -0.1) is 0 Å². The number of nitrogens with one attached hydrogen (secondary N) is 1. The Hall–Kier alpha value is -1.52. The van der Waals surface area contributed by atoms with Crippen molar-refractivity contribution >= 4 is 6.03 Å². The monoisotopic (exact) mass is 332 g/mol. The molecule has 1 aromatic rings. The Morgan fingerprint density at radius 2 is 2.04 bits per heavy atom. The Morgan fingerprint density at radius 1 is 1.29 bits per heavy atom. The Balaban J connectivity index is 1.60. The highest BCUT2D eigenvalue weighted by molar-refractivity contribution is 5.75. The second kappa shape index (κ2) is 6.77. The molecular weight excluding hydrogens is 300 g/mol. The number of imidazole rings is 1. The largest absolute Gasteiger partial charge is 0.333 e. The van der Waals surface area contributed by atoms with Gasteiger partial charge in [-0.3, -0.25) is 0 Å². The highest BCUT2D eigenvalue weighted by Crippen LogP contribution is 2.32. The van der Waals surface area contributed by atoms with Gasteiger partial charge in [0, 0.05) is 43.5 Å². The molecule has 2 amide bonds. The summed E-state index contributed by atoms with van der Waals surface area (Å²) in [6.45, 7) is 11.1. The van der Waals surface area contributed by atoms with Crippen LogP contribution < -0.4 is 5.32 Å². The second-order valence-corrected chi connectivity index (χ2v) is 8.71. The van der Waals surface area contributed by atoms with Crippen molar-refractivity contribution < 1.29 is 4.79 Å². The van der Waals surface area contributed by atoms with Gasteiger partial charge in [-0.1, -0.05) is 0 Å². The van der Waals surface area contributed by atoms with Crippen LogP contribution in [0.25, 0.3) is 0 Å². The lowest BCUT2D eigenvalue weighted by molar-refractivity contribution is 0.157. The van der Waals surface area contributed by atoms with Crippen LogP contribution in [0.5, 0.6) is 0 Å². The third-order valence-corrected chi connectivity index (χ3v) is 5.03. The van der Waals surface area contributed by atoms with Gasteiger partial charge < -0.3 is 14.8 Å². The number of aromatic nitrogens is 2. The van der Waals surface area contributed by atoms with Crippen LogP contribution in [0.1, 0.15) is 58.0 Å². The summed E-state index contributed by atoms with van der Waals surface area (Å²) < 4.78 is 2.41. The number of piperidine rings is 1. The van der Waals surface area contributed by atoms with Crippen LogP contribution in [0, 0.1) is 18.8 Å². The average Bonchev–Trinajstić information content (AvgIpc) is 3.25. The first-order valence-electron chi connectivity index (χ1n) is 9.40. The molecule has 2 aliphatic rings. The Morgan fingerprint density at radius 3 is 2.71 bits per heavy atom. The molecule has 0 radical (unpaired) electrons. The van der Waals surface area contributed by atoms with Crippen LogP contribution >= 0.6 is 0 Å². The smallest absolute Gasteiger partial charge is 0.317 e. The summed E-state index contributed by atoms with van der Waals surface area (Å²) >= 11 is 0. The van der Waals surface area contributed by atoms with E-state index < -0.39 is 0 Å². The van der Waals surface area contributed by atoms with E-state index in [0.29, 0.717) is 5.92 Å². The zero-order valence-corrected chi connectivity index (χ0v) is 15.6. The molecule has 2 heterocycles. The fraction of sp³-hybridized carbons (Fsp3) is 0.789. The number of nitrogens with zero attached hydrogens (tertiary/aromatic N) is 3. The van der Waals surface area contributed by atoms with Crippen molar-refractivity contribution in [3.8, 4) is 0 Å². The van der Waals surface area contributed by atoms with E-state index in [9.17, 15) is 4.79 Å². The molecule has 0 spiro atoms. The molecule has 3 rings (SSSR count). The van der Waals surface area contributed by atoms with Crippen molar-refractivity contribution in [2.45, 2.75) is 71.9 Å². The average molecular weight is 332 g/mol. The highest BCUT2D eigenvalue weighted by atomic mass is 16.2. The van der Waals surface area contributed by atoms with E-state index in [1.807, 2.05) is 31.9 Å². The van der Waals surface area contributed by atoms with Gasteiger partial charge in [0.15, 0.2) is 0 Å². The van der Waals surface area contributed by atoms with Crippen LogP contribution in [-0.2, 0) is 13.0 Å². The third kappa shape index (κ3) is 4.52. The molecule has 1 aliphatic carbocycles. The minimum absolute atomic E-state index is 0.0738. The number of urea groups is 1. The topological polar surface area (TPSA) is 50.2 Å². The second-order valence-electron chi connectivity index (χ2n) is 8.71. The van der Waals surface area contributed by atoms with Gasteiger partial charge in [0.25, 0.3) is 0 Å². The molecule has 5 nitrogen and oxygen atoms in total. The van der Waals surface area contributed by atoms with E-state index >= 15 is 0 Å². The van der Waals surface area contributed by atoms with Crippen LogP contribution in [0.15, 0.2) is 6.20 Å². The Labute approximate surface area is 145 Å². The minimum atomic E-state index is -0.179. The van der Waals surface area contributed by atoms with Gasteiger partial charge >= 0.3 is 6.03 Å². The number of aryl methyl sites for hydroxylation is 1. The summed E-state index contributed by atoms with van der Waals surface area (Å²) in [4.78, 5) is 19.1. The maximum absolute atomic E-state index is 12.4. The quantitative estimate of drug-likeness (QED) is 0.919. The third-order valence-electron chi connectivity index (χ3n) is 5.03. The molecule has 1 atom stereocenters. The molecule has 0 bridgehead atoms. The Kier molecular flexibility index (Phi) is 4.88. The van der Waals surface area contributed by atoms with E-state index in [-0.39, 0.29) is 11.6 Å². The lowest BCUT2D eigenvalue weighted by Gasteiger charge is -2.35. The lowest BCUT2D eigenvalue weighted by Crippen LogP contribution is -2.51. The van der Waals surface area contributed by atoms with Gasteiger partial charge in [0.1, 0.15) is 5.82 Å². The zero-order chi connectivity index (χ0) is 17.3. The molecule has 1 aromatic heterocycles. The summed E-state index contributed by atoms with van der Waals surface area (Å²) in [5, 5.41) is 3.09. The number of likely N-dealkylation sites (tertiary alicyclic amines) is 1. The highest BCUT2D eigenvalue weighted by Gasteiger charge is 2.28. The summed E-state index contributed by atoms with van der Waals surface area (Å²) in [7, 11) is 0. The van der Waals surface area contributed by atoms with E-state index in [2.05, 4.69) is 21.8 Å². The molecule has 1 aliphatic heterocycles. The molecule has 1 saturated heterocycles. The van der Waals surface area contributed by atoms with E-state index in [1.165, 1.54) is 30.8 Å². The van der Waals surface area contributed by atoms with Gasteiger partial charge in [-0.05, 0) is 65.2 Å². The predicted molar refractivity (Wildman–Crippen MR) is 96.0 cm³/mol. The van der Waals surface area contributed by atoms with Crippen molar-refractivity contribution in [3.05, 3.63) is 17.7 Å². The number of hydrogen-bond donors (Lipinski definition) is 1. The summed E-state index contributed by atoms with van der Waals surface area (Å²) in [5.41, 5.74) is 1.09. The van der Waals surface area contributed by atoms with Crippen LogP contribution in [0.2, 0.25) is 0 Å². The fourth-order valence-corrected chi connectivity index (χ4v) is 3.56. The number of rotatable bonds is 4. The number of amides is 2. The van der Waals surface area contributed by atoms with Crippen molar-refractivity contribution in [2.24, 2.45) is 11.8 Å². The van der Waals surface area contributed by atoms with Crippen LogP contribution in [0.4, 0.5) is 4.79 Å². The summed E-state index contributed by atoms with van der Waals surface area (Å²) in [6.07, 6.45) is 7.99. The lowest BCUT2D eigenvalue weighted by atomic mass is 9.94. The number of carbonyl (C=O) groups excluding carboxylic acids is 1. The van der Waals surface area contributed by atoms with Crippen molar-refractivity contribution in [3.63, 3.8) is 0 Å². The summed E-state index contributed by atoms with van der Waals surface area (Å²) in [6, 6.07) is 0.0738.